The van der Waals surface area contributed by atoms with Crippen LogP contribution in [-0.4, -0.2) is 22.6 Å². The molecule has 2 aromatic heterocycles. The summed E-state index contributed by atoms with van der Waals surface area (Å²) >= 11 is 0. The van der Waals surface area contributed by atoms with Crippen LogP contribution in [0.3, 0.4) is 0 Å². The smallest absolute Gasteiger partial charge is 0.0483 e. The zero-order valence-electron chi connectivity index (χ0n) is 13.4. The van der Waals surface area contributed by atoms with Crippen molar-refractivity contribution < 1.29 is 0 Å². The third-order valence-electron chi connectivity index (χ3n) is 4.93. The number of nitrogens with zero attached hydrogens (tertiary/aromatic N) is 2. The second-order valence-electron chi connectivity index (χ2n) is 6.39. The third-order valence-corrected chi connectivity index (χ3v) is 4.93. The fourth-order valence-corrected chi connectivity index (χ4v) is 3.70. The van der Waals surface area contributed by atoms with Crippen molar-refractivity contribution in [1.29, 1.82) is 0 Å². The van der Waals surface area contributed by atoms with E-state index in [0.717, 1.165) is 31.7 Å². The Morgan fingerprint density at radius 1 is 1.04 bits per heavy atom. The number of fused-ring (bicyclic) bond motifs is 1. The number of pyridine rings is 1. The fraction of sp³-hybridized carbons (Fsp3) is 0.350. The number of benzene rings is 1. The van der Waals surface area contributed by atoms with Crippen LogP contribution >= 0.6 is 0 Å². The number of hydrogen-bond donors (Lipinski definition) is 1. The van der Waals surface area contributed by atoms with Crippen LogP contribution in [0.1, 0.15) is 30.0 Å². The normalized spacial score (nSPS) is 16.0. The summed E-state index contributed by atoms with van der Waals surface area (Å²) in [5.74, 6) is 0.692. The quantitative estimate of drug-likeness (QED) is 0.795. The van der Waals surface area contributed by atoms with Gasteiger partial charge >= 0.3 is 0 Å². The van der Waals surface area contributed by atoms with Gasteiger partial charge in [-0.2, -0.15) is 0 Å². The summed E-state index contributed by atoms with van der Waals surface area (Å²) in [7, 11) is 0. The molecule has 118 valence electrons. The van der Waals surface area contributed by atoms with Gasteiger partial charge in [0.15, 0.2) is 0 Å². The molecule has 0 unspecified atom stereocenters. The molecule has 3 aromatic rings. The van der Waals surface area contributed by atoms with Crippen molar-refractivity contribution in [3.05, 3.63) is 66.1 Å². The molecule has 0 spiro atoms. The topological polar surface area (TPSA) is 29.9 Å². The molecule has 1 aliphatic heterocycles. The van der Waals surface area contributed by atoms with Crippen molar-refractivity contribution in [3.63, 3.8) is 0 Å². The zero-order chi connectivity index (χ0) is 15.5. The molecule has 23 heavy (non-hydrogen) atoms. The molecule has 0 aliphatic carbocycles. The lowest BCUT2D eigenvalue weighted by Crippen LogP contribution is -2.26. The first kappa shape index (κ1) is 14.5. The van der Waals surface area contributed by atoms with E-state index in [1.165, 1.54) is 29.3 Å². The molecule has 0 radical (unpaired) electrons. The Morgan fingerprint density at radius 2 is 1.87 bits per heavy atom. The Kier molecular flexibility index (Phi) is 4.12. The second kappa shape index (κ2) is 6.55. The summed E-state index contributed by atoms with van der Waals surface area (Å²) in [5, 5.41) is 4.90. The molecule has 1 aliphatic rings. The summed E-state index contributed by atoms with van der Waals surface area (Å²) in [6.45, 7) is 3.26. The molecule has 0 amide bonds. The lowest BCUT2D eigenvalue weighted by atomic mass is 9.90. The minimum Gasteiger partial charge on any atom is -0.347 e. The van der Waals surface area contributed by atoms with Gasteiger partial charge in [-0.15, -0.1) is 0 Å². The summed E-state index contributed by atoms with van der Waals surface area (Å²) in [6, 6.07) is 15.0. The van der Waals surface area contributed by atoms with Gasteiger partial charge in [-0.3, -0.25) is 4.98 Å². The average molecular weight is 305 g/mol. The van der Waals surface area contributed by atoms with Crippen LogP contribution < -0.4 is 5.32 Å². The van der Waals surface area contributed by atoms with E-state index in [0.29, 0.717) is 5.92 Å². The second-order valence-corrected chi connectivity index (χ2v) is 6.39. The van der Waals surface area contributed by atoms with E-state index in [4.69, 9.17) is 0 Å². The van der Waals surface area contributed by atoms with Crippen molar-refractivity contribution in [1.82, 2.24) is 14.9 Å². The third kappa shape index (κ3) is 3.02. The van der Waals surface area contributed by atoms with Crippen LogP contribution in [0.4, 0.5) is 0 Å². The molecule has 1 saturated heterocycles. The van der Waals surface area contributed by atoms with Gasteiger partial charge in [0.1, 0.15) is 0 Å². The molecule has 1 aromatic carbocycles. The molecular formula is C20H23N3. The standard InChI is InChI=1S/C20H23N3/c1-2-7-20-18(6-1)19(16-8-12-21-13-9-16)15-23(20)14-10-17-5-3-4-11-22-17/h1-7,11,15-16,21H,8-10,12-14H2. The van der Waals surface area contributed by atoms with Crippen LogP contribution in [-0.2, 0) is 13.0 Å². The van der Waals surface area contributed by atoms with E-state index in [9.17, 15) is 0 Å². The maximum absolute atomic E-state index is 4.45. The number of piperidine rings is 1. The van der Waals surface area contributed by atoms with Gasteiger partial charge in [0.05, 0.1) is 0 Å². The van der Waals surface area contributed by atoms with E-state index < -0.39 is 0 Å². The summed E-state index contributed by atoms with van der Waals surface area (Å²) in [5.41, 5.74) is 4.05. The lowest BCUT2D eigenvalue weighted by molar-refractivity contribution is 0.461. The van der Waals surface area contributed by atoms with Crippen molar-refractivity contribution in [3.8, 4) is 0 Å². The predicted molar refractivity (Wildman–Crippen MR) is 94.7 cm³/mol. The average Bonchev–Trinajstić information content (AvgIpc) is 3.01. The first-order valence-electron chi connectivity index (χ1n) is 8.60. The summed E-state index contributed by atoms with van der Waals surface area (Å²) in [4.78, 5) is 4.45. The molecular weight excluding hydrogens is 282 g/mol. The largest absolute Gasteiger partial charge is 0.347 e. The highest BCUT2D eigenvalue weighted by atomic mass is 15.0. The van der Waals surface area contributed by atoms with Crippen molar-refractivity contribution >= 4 is 10.9 Å². The SMILES string of the molecule is c1ccc(CCn2cc(C3CCNCC3)c3ccccc32)nc1. The predicted octanol–water partition coefficient (Wildman–Crippen LogP) is 3.75. The highest BCUT2D eigenvalue weighted by Gasteiger charge is 2.19. The van der Waals surface area contributed by atoms with E-state index in [2.05, 4.69) is 57.5 Å². The van der Waals surface area contributed by atoms with Gasteiger partial charge in [-0.1, -0.05) is 24.3 Å². The molecule has 3 heterocycles. The van der Waals surface area contributed by atoms with Crippen LogP contribution in [0.15, 0.2) is 54.9 Å². The van der Waals surface area contributed by atoms with E-state index in [-0.39, 0.29) is 0 Å². The number of hydrogen-bond acceptors (Lipinski definition) is 2. The van der Waals surface area contributed by atoms with Crippen LogP contribution in [0.5, 0.6) is 0 Å². The molecule has 4 rings (SSSR count). The van der Waals surface area contributed by atoms with Gasteiger partial charge in [-0.05, 0) is 55.6 Å². The first-order valence-corrected chi connectivity index (χ1v) is 8.60. The van der Waals surface area contributed by atoms with Gasteiger partial charge < -0.3 is 9.88 Å². The number of aromatic nitrogens is 2. The molecule has 1 fully saturated rings. The number of nitrogens with one attached hydrogen (secondary N) is 1. The monoisotopic (exact) mass is 305 g/mol. The number of para-hydroxylation sites is 1. The van der Waals surface area contributed by atoms with Crippen molar-refractivity contribution in [2.45, 2.75) is 31.7 Å². The van der Waals surface area contributed by atoms with E-state index in [1.807, 2.05) is 12.3 Å². The molecule has 0 saturated carbocycles. The van der Waals surface area contributed by atoms with E-state index >= 15 is 0 Å². The maximum atomic E-state index is 4.45. The van der Waals surface area contributed by atoms with Gasteiger partial charge in [-0.25, -0.2) is 0 Å². The maximum Gasteiger partial charge on any atom is 0.0483 e. The van der Waals surface area contributed by atoms with Crippen LogP contribution in [0, 0.1) is 0 Å². The van der Waals surface area contributed by atoms with Gasteiger partial charge in [0.25, 0.3) is 0 Å². The van der Waals surface area contributed by atoms with Crippen LogP contribution in [0.25, 0.3) is 10.9 Å². The molecule has 1 N–H and O–H groups in total. The molecule has 0 atom stereocenters. The summed E-state index contributed by atoms with van der Waals surface area (Å²) < 4.78 is 2.42. The Labute approximate surface area is 137 Å². The van der Waals surface area contributed by atoms with Gasteiger partial charge in [0.2, 0.25) is 0 Å². The Hall–Kier alpha value is -2.13. The zero-order valence-corrected chi connectivity index (χ0v) is 13.4. The highest BCUT2D eigenvalue weighted by Crippen LogP contribution is 2.33. The minimum absolute atomic E-state index is 0.692. The molecule has 3 nitrogen and oxygen atoms in total. The Balaban J connectivity index is 1.64. The van der Waals surface area contributed by atoms with Crippen molar-refractivity contribution in [2.75, 3.05) is 13.1 Å². The Bertz CT molecular complexity index is 770. The van der Waals surface area contributed by atoms with Gasteiger partial charge in [0, 0.05) is 42.0 Å². The Morgan fingerprint density at radius 3 is 2.70 bits per heavy atom. The summed E-state index contributed by atoms with van der Waals surface area (Å²) in [6.07, 6.45) is 7.74. The van der Waals surface area contributed by atoms with Crippen molar-refractivity contribution in [2.24, 2.45) is 0 Å². The van der Waals surface area contributed by atoms with E-state index in [1.54, 1.807) is 0 Å². The van der Waals surface area contributed by atoms with Crippen LogP contribution in [0.2, 0.25) is 0 Å². The lowest BCUT2D eigenvalue weighted by Gasteiger charge is -2.22. The first-order chi connectivity index (χ1) is 11.4. The number of aryl methyl sites for hydroxylation is 2. The highest BCUT2D eigenvalue weighted by molar-refractivity contribution is 5.84. The number of rotatable bonds is 4. The minimum atomic E-state index is 0.692. The fourth-order valence-electron chi connectivity index (χ4n) is 3.70. The molecule has 0 bridgehead atoms. The molecule has 3 heteroatoms.